The highest BCUT2D eigenvalue weighted by Crippen LogP contribution is 2.24. The second-order valence-electron chi connectivity index (χ2n) is 5.28. The van der Waals surface area contributed by atoms with Gasteiger partial charge in [-0.3, -0.25) is 0 Å². The van der Waals surface area contributed by atoms with Crippen LogP contribution in [0.2, 0.25) is 0 Å². The van der Waals surface area contributed by atoms with Crippen LogP contribution in [0.3, 0.4) is 0 Å². The molecule has 116 valence electrons. The molecule has 2 heteroatoms. The molecule has 0 saturated carbocycles. The summed E-state index contributed by atoms with van der Waals surface area (Å²) in [4.78, 5) is 11.2. The summed E-state index contributed by atoms with van der Waals surface area (Å²) in [6.45, 7) is 7.46. The molecular formula is C21H20O2. The number of allylic oxidation sites excluding steroid dienone is 2. The summed E-state index contributed by atoms with van der Waals surface area (Å²) in [5.74, 6) is -0.953. The fraction of sp³-hybridized carbons (Fsp3) is 0.0952. The van der Waals surface area contributed by atoms with Crippen LogP contribution in [0.15, 0.2) is 79.9 Å². The Kier molecular flexibility index (Phi) is 5.70. The van der Waals surface area contributed by atoms with E-state index in [0.717, 1.165) is 35.1 Å². The first-order valence-electron chi connectivity index (χ1n) is 7.49. The average molecular weight is 304 g/mol. The molecule has 0 aliphatic rings. The van der Waals surface area contributed by atoms with Crippen LogP contribution in [0.25, 0.3) is 5.57 Å². The number of aliphatic carboxylic acids is 1. The Morgan fingerprint density at radius 3 is 1.52 bits per heavy atom. The van der Waals surface area contributed by atoms with Crippen molar-refractivity contribution in [3.63, 3.8) is 0 Å². The predicted molar refractivity (Wildman–Crippen MR) is 95.4 cm³/mol. The lowest BCUT2D eigenvalue weighted by molar-refractivity contribution is -0.131. The van der Waals surface area contributed by atoms with Gasteiger partial charge < -0.3 is 5.11 Å². The van der Waals surface area contributed by atoms with Crippen molar-refractivity contribution >= 4 is 11.5 Å². The minimum Gasteiger partial charge on any atom is -0.478 e. The van der Waals surface area contributed by atoms with Crippen LogP contribution in [-0.4, -0.2) is 11.1 Å². The molecule has 0 aliphatic carbocycles. The summed E-state index contributed by atoms with van der Waals surface area (Å²) >= 11 is 0. The standard InChI is InChI=1S/C21H20O2/c1-3-5-16-7-11-18(12-8-16)20(15-21(22)23)19-13-9-17(6-4-2)10-14-19/h3-4,7-15H,1-2,5-6H2,(H,22,23). The maximum Gasteiger partial charge on any atom is 0.328 e. The normalized spacial score (nSPS) is 9.91. The molecule has 2 aromatic rings. The summed E-state index contributed by atoms with van der Waals surface area (Å²) in [7, 11) is 0. The minimum atomic E-state index is -0.953. The summed E-state index contributed by atoms with van der Waals surface area (Å²) in [6, 6.07) is 15.8. The number of hydrogen-bond donors (Lipinski definition) is 1. The molecule has 1 N–H and O–H groups in total. The van der Waals surface area contributed by atoms with Gasteiger partial charge in [-0.25, -0.2) is 4.79 Å². The van der Waals surface area contributed by atoms with E-state index in [9.17, 15) is 9.90 Å². The highest BCUT2D eigenvalue weighted by Gasteiger charge is 2.08. The molecule has 0 unspecified atom stereocenters. The maximum absolute atomic E-state index is 11.2. The van der Waals surface area contributed by atoms with Crippen molar-refractivity contribution in [1.82, 2.24) is 0 Å². The topological polar surface area (TPSA) is 37.3 Å². The third-order valence-electron chi connectivity index (χ3n) is 3.56. The molecule has 0 aromatic heterocycles. The highest BCUT2D eigenvalue weighted by molar-refractivity contribution is 5.95. The van der Waals surface area contributed by atoms with Crippen molar-refractivity contribution < 1.29 is 9.90 Å². The number of carboxylic acids is 1. The van der Waals surface area contributed by atoms with E-state index in [-0.39, 0.29) is 0 Å². The van der Waals surface area contributed by atoms with Crippen LogP contribution >= 0.6 is 0 Å². The molecule has 2 rings (SSSR count). The Bertz CT molecular complexity index is 664. The molecule has 0 heterocycles. The van der Waals surface area contributed by atoms with Gasteiger partial charge in [0.1, 0.15) is 0 Å². The molecule has 0 amide bonds. The first-order chi connectivity index (χ1) is 11.1. The number of carbonyl (C=O) groups is 1. The molecule has 0 saturated heterocycles. The van der Waals surface area contributed by atoms with Gasteiger partial charge in [0.05, 0.1) is 0 Å². The number of rotatable bonds is 7. The third kappa shape index (κ3) is 4.55. The van der Waals surface area contributed by atoms with Gasteiger partial charge in [0.25, 0.3) is 0 Å². The van der Waals surface area contributed by atoms with Crippen LogP contribution < -0.4 is 0 Å². The van der Waals surface area contributed by atoms with E-state index in [4.69, 9.17) is 0 Å². The van der Waals surface area contributed by atoms with E-state index >= 15 is 0 Å². The second-order valence-corrected chi connectivity index (χ2v) is 5.28. The minimum absolute atomic E-state index is 0.702. The third-order valence-corrected chi connectivity index (χ3v) is 3.56. The van der Waals surface area contributed by atoms with Crippen molar-refractivity contribution in [2.45, 2.75) is 12.8 Å². The average Bonchev–Trinajstić information content (AvgIpc) is 2.55. The quantitative estimate of drug-likeness (QED) is 0.596. The second kappa shape index (κ2) is 7.95. The SMILES string of the molecule is C=CCc1ccc(C(=CC(=O)O)c2ccc(CC=C)cc2)cc1. The van der Waals surface area contributed by atoms with E-state index in [2.05, 4.69) is 13.2 Å². The van der Waals surface area contributed by atoms with Crippen LogP contribution in [0.1, 0.15) is 22.3 Å². The molecule has 0 spiro atoms. The van der Waals surface area contributed by atoms with E-state index in [1.54, 1.807) is 0 Å². The lowest BCUT2D eigenvalue weighted by atomic mass is 9.95. The number of carboxylic acid groups (broad SMARTS) is 1. The first kappa shape index (κ1) is 16.5. The molecular weight excluding hydrogens is 284 g/mol. The molecule has 0 radical (unpaired) electrons. The molecule has 0 atom stereocenters. The summed E-state index contributed by atoms with van der Waals surface area (Å²) in [6.07, 6.45) is 6.55. The highest BCUT2D eigenvalue weighted by atomic mass is 16.4. The van der Waals surface area contributed by atoms with Crippen molar-refractivity contribution in [3.8, 4) is 0 Å². The van der Waals surface area contributed by atoms with Crippen LogP contribution in [0.4, 0.5) is 0 Å². The number of benzene rings is 2. The lowest BCUT2D eigenvalue weighted by Gasteiger charge is -2.09. The fourth-order valence-corrected chi connectivity index (χ4v) is 2.43. The monoisotopic (exact) mass is 304 g/mol. The van der Waals surface area contributed by atoms with E-state index in [1.807, 2.05) is 60.7 Å². The Morgan fingerprint density at radius 2 is 1.22 bits per heavy atom. The van der Waals surface area contributed by atoms with E-state index < -0.39 is 5.97 Å². The van der Waals surface area contributed by atoms with E-state index in [0.29, 0.717) is 5.57 Å². The van der Waals surface area contributed by atoms with Gasteiger partial charge in [-0.05, 0) is 40.7 Å². The number of hydrogen-bond acceptors (Lipinski definition) is 1. The van der Waals surface area contributed by atoms with Crippen LogP contribution in [0.5, 0.6) is 0 Å². The molecule has 0 bridgehead atoms. The first-order valence-corrected chi connectivity index (χ1v) is 7.49. The van der Waals surface area contributed by atoms with Crippen LogP contribution in [-0.2, 0) is 17.6 Å². The van der Waals surface area contributed by atoms with Gasteiger partial charge in [0.2, 0.25) is 0 Å². The summed E-state index contributed by atoms with van der Waals surface area (Å²) in [5, 5.41) is 9.18. The van der Waals surface area contributed by atoms with Crippen LogP contribution in [0, 0.1) is 0 Å². The molecule has 0 fully saturated rings. The zero-order valence-electron chi connectivity index (χ0n) is 13.0. The maximum atomic E-state index is 11.2. The molecule has 23 heavy (non-hydrogen) atoms. The Labute approximate surface area is 137 Å². The smallest absolute Gasteiger partial charge is 0.328 e. The van der Waals surface area contributed by atoms with Gasteiger partial charge in [-0.15, -0.1) is 13.2 Å². The molecule has 0 aliphatic heterocycles. The predicted octanol–water partition coefficient (Wildman–Crippen LogP) is 4.66. The van der Waals surface area contributed by atoms with Crippen molar-refractivity contribution in [1.29, 1.82) is 0 Å². The summed E-state index contributed by atoms with van der Waals surface area (Å²) < 4.78 is 0. The van der Waals surface area contributed by atoms with Crippen molar-refractivity contribution in [3.05, 3.63) is 102 Å². The van der Waals surface area contributed by atoms with Gasteiger partial charge in [0, 0.05) is 6.08 Å². The Morgan fingerprint density at radius 1 is 0.826 bits per heavy atom. The van der Waals surface area contributed by atoms with Crippen molar-refractivity contribution in [2.24, 2.45) is 0 Å². The van der Waals surface area contributed by atoms with Gasteiger partial charge in [0.15, 0.2) is 0 Å². The van der Waals surface area contributed by atoms with Gasteiger partial charge in [-0.1, -0.05) is 60.7 Å². The molecule has 2 nitrogen and oxygen atoms in total. The molecule has 2 aromatic carbocycles. The lowest BCUT2D eigenvalue weighted by Crippen LogP contribution is -1.95. The van der Waals surface area contributed by atoms with Gasteiger partial charge in [-0.2, -0.15) is 0 Å². The van der Waals surface area contributed by atoms with Gasteiger partial charge >= 0.3 is 5.97 Å². The Hall–Kier alpha value is -2.87. The fourth-order valence-electron chi connectivity index (χ4n) is 2.43. The largest absolute Gasteiger partial charge is 0.478 e. The Balaban J connectivity index is 2.38. The van der Waals surface area contributed by atoms with E-state index in [1.165, 1.54) is 6.08 Å². The zero-order chi connectivity index (χ0) is 16.7. The summed E-state index contributed by atoms with van der Waals surface area (Å²) in [5.41, 5.74) is 4.78. The van der Waals surface area contributed by atoms with Crippen molar-refractivity contribution in [2.75, 3.05) is 0 Å². The zero-order valence-corrected chi connectivity index (χ0v) is 13.0.